The van der Waals surface area contributed by atoms with Crippen LogP contribution in [0.3, 0.4) is 0 Å². The first-order valence-corrected chi connectivity index (χ1v) is 4.64. The Morgan fingerprint density at radius 3 is 1.86 bits per heavy atom. The summed E-state index contributed by atoms with van der Waals surface area (Å²) in [6.07, 6.45) is 9.03. The Morgan fingerprint density at radius 1 is 1.00 bits per heavy atom. The minimum absolute atomic E-state index is 1.75. The average Bonchev–Trinajstić information content (AvgIpc) is 2.83. The second kappa shape index (κ2) is 8.04. The van der Waals surface area contributed by atoms with Gasteiger partial charge in [-0.05, 0) is 6.07 Å². The Kier molecular flexibility index (Phi) is 7.13. The van der Waals surface area contributed by atoms with Gasteiger partial charge >= 0.3 is 0 Å². The van der Waals surface area contributed by atoms with E-state index >= 15 is 0 Å². The molecule has 0 spiro atoms. The third-order valence-corrected chi connectivity index (χ3v) is 1.27. The van der Waals surface area contributed by atoms with E-state index < -0.39 is 0 Å². The topological polar surface area (TPSA) is 35.6 Å². The minimum Gasteiger partial charge on any atom is -0.341 e. The van der Waals surface area contributed by atoms with Crippen molar-refractivity contribution in [3.8, 4) is 0 Å². The van der Waals surface area contributed by atoms with Crippen LogP contribution >= 0.6 is 0 Å². The highest BCUT2D eigenvalue weighted by atomic mass is 15.2. The molecule has 2 aromatic rings. The van der Waals surface area contributed by atoms with E-state index in [-0.39, 0.29) is 0 Å². The third kappa shape index (κ3) is 5.99. The van der Waals surface area contributed by atoms with Gasteiger partial charge < -0.3 is 4.57 Å². The van der Waals surface area contributed by atoms with Crippen LogP contribution in [0, 0.1) is 0 Å². The SMILES string of the molecule is CC.Cn1cccn1.Cn1ccnc1. The zero-order valence-corrected chi connectivity index (χ0v) is 9.25. The van der Waals surface area contributed by atoms with Crippen molar-refractivity contribution >= 4 is 0 Å². The fraction of sp³-hybridized carbons (Fsp3) is 0.400. The summed E-state index contributed by atoms with van der Waals surface area (Å²) >= 11 is 0. The van der Waals surface area contributed by atoms with Crippen LogP contribution in [0.1, 0.15) is 13.8 Å². The maximum absolute atomic E-state index is 3.83. The normalized spacial score (nSPS) is 8.00. The highest BCUT2D eigenvalue weighted by molar-refractivity contribution is 4.75. The maximum Gasteiger partial charge on any atom is 0.0943 e. The lowest BCUT2D eigenvalue weighted by atomic mass is 10.8. The quantitative estimate of drug-likeness (QED) is 0.641. The number of imidazole rings is 1. The van der Waals surface area contributed by atoms with Crippen molar-refractivity contribution < 1.29 is 0 Å². The second-order valence-corrected chi connectivity index (χ2v) is 2.41. The van der Waals surface area contributed by atoms with Crippen molar-refractivity contribution in [3.63, 3.8) is 0 Å². The smallest absolute Gasteiger partial charge is 0.0943 e. The van der Waals surface area contributed by atoms with Gasteiger partial charge in [-0.2, -0.15) is 5.10 Å². The van der Waals surface area contributed by atoms with Gasteiger partial charge in [0, 0.05) is 38.9 Å². The molecule has 0 aliphatic heterocycles. The number of hydrogen-bond acceptors (Lipinski definition) is 2. The van der Waals surface area contributed by atoms with Crippen molar-refractivity contribution in [3.05, 3.63) is 37.2 Å². The van der Waals surface area contributed by atoms with Gasteiger partial charge in [0.2, 0.25) is 0 Å². The van der Waals surface area contributed by atoms with Gasteiger partial charge in [0.05, 0.1) is 6.33 Å². The predicted octanol–water partition coefficient (Wildman–Crippen LogP) is 1.87. The van der Waals surface area contributed by atoms with Crippen LogP contribution < -0.4 is 0 Å². The van der Waals surface area contributed by atoms with Crippen LogP contribution in [0.15, 0.2) is 37.2 Å². The number of hydrogen-bond donors (Lipinski definition) is 0. The summed E-state index contributed by atoms with van der Waals surface area (Å²) in [4.78, 5) is 3.78. The molecule has 0 saturated heterocycles. The molecule has 0 aliphatic rings. The molecule has 0 N–H and O–H groups in total. The Labute approximate surface area is 85.2 Å². The summed E-state index contributed by atoms with van der Waals surface area (Å²) in [5.74, 6) is 0. The van der Waals surface area contributed by atoms with Crippen LogP contribution in [0.4, 0.5) is 0 Å². The summed E-state index contributed by atoms with van der Waals surface area (Å²) < 4.78 is 3.64. The van der Waals surface area contributed by atoms with Gasteiger partial charge in [0.25, 0.3) is 0 Å². The van der Waals surface area contributed by atoms with Crippen molar-refractivity contribution in [1.29, 1.82) is 0 Å². The molecule has 0 fully saturated rings. The van der Waals surface area contributed by atoms with Crippen LogP contribution in [-0.2, 0) is 14.1 Å². The summed E-state index contributed by atoms with van der Waals surface area (Å²) in [6, 6.07) is 1.89. The minimum atomic E-state index is 1.75. The Morgan fingerprint density at radius 2 is 1.71 bits per heavy atom. The summed E-state index contributed by atoms with van der Waals surface area (Å²) in [5.41, 5.74) is 0. The van der Waals surface area contributed by atoms with E-state index in [0.29, 0.717) is 0 Å². The Hall–Kier alpha value is -1.58. The van der Waals surface area contributed by atoms with Crippen molar-refractivity contribution in [2.75, 3.05) is 0 Å². The summed E-state index contributed by atoms with van der Waals surface area (Å²) in [6.45, 7) is 4.00. The molecule has 0 radical (unpaired) electrons. The van der Waals surface area contributed by atoms with Gasteiger partial charge in [0.15, 0.2) is 0 Å². The second-order valence-electron chi connectivity index (χ2n) is 2.41. The van der Waals surface area contributed by atoms with Gasteiger partial charge in [-0.1, -0.05) is 13.8 Å². The molecule has 0 aliphatic carbocycles. The third-order valence-electron chi connectivity index (χ3n) is 1.27. The first-order chi connectivity index (χ1) is 6.79. The van der Waals surface area contributed by atoms with Crippen molar-refractivity contribution in [2.45, 2.75) is 13.8 Å². The lowest BCUT2D eigenvalue weighted by Crippen LogP contribution is -1.83. The molecule has 0 saturated carbocycles. The average molecular weight is 194 g/mol. The number of rotatable bonds is 0. The monoisotopic (exact) mass is 194 g/mol. The molecule has 0 amide bonds. The van der Waals surface area contributed by atoms with E-state index in [0.717, 1.165) is 0 Å². The van der Waals surface area contributed by atoms with E-state index in [4.69, 9.17) is 0 Å². The summed E-state index contributed by atoms with van der Waals surface area (Å²) in [7, 11) is 3.83. The first-order valence-electron chi connectivity index (χ1n) is 4.64. The molecule has 4 heteroatoms. The van der Waals surface area contributed by atoms with Gasteiger partial charge in [0.1, 0.15) is 0 Å². The molecule has 4 nitrogen and oxygen atoms in total. The molecule has 0 aromatic carbocycles. The van der Waals surface area contributed by atoms with Crippen LogP contribution in [-0.4, -0.2) is 19.3 Å². The first kappa shape index (κ1) is 12.4. The largest absolute Gasteiger partial charge is 0.341 e. The molecule has 14 heavy (non-hydrogen) atoms. The zero-order chi connectivity index (χ0) is 10.8. The number of aryl methyl sites for hydroxylation is 2. The molecular weight excluding hydrogens is 176 g/mol. The van der Waals surface area contributed by atoms with E-state index in [2.05, 4.69) is 10.1 Å². The number of nitrogens with zero attached hydrogens (tertiary/aromatic N) is 4. The fourth-order valence-electron chi connectivity index (χ4n) is 0.671. The highest BCUT2D eigenvalue weighted by Gasteiger charge is 1.69. The highest BCUT2D eigenvalue weighted by Crippen LogP contribution is 1.73. The van der Waals surface area contributed by atoms with E-state index in [1.54, 1.807) is 23.4 Å². The summed E-state index contributed by atoms with van der Waals surface area (Å²) in [5, 5.41) is 3.83. The lowest BCUT2D eigenvalue weighted by Gasteiger charge is -1.77. The van der Waals surface area contributed by atoms with Gasteiger partial charge in [-0.25, -0.2) is 4.98 Å². The van der Waals surface area contributed by atoms with Crippen molar-refractivity contribution in [1.82, 2.24) is 19.3 Å². The standard InChI is InChI=1S/2C4H6N2.C2H6/c1-6-3-2-5-4-6;1-6-4-2-3-5-6;1-2/h2*2-4H,1H3;1-2H3. The lowest BCUT2D eigenvalue weighted by molar-refractivity contribution is 0.768. The van der Waals surface area contributed by atoms with E-state index in [1.807, 2.05) is 51.0 Å². The molecular formula is C10H18N4. The number of aromatic nitrogens is 4. The van der Waals surface area contributed by atoms with Crippen LogP contribution in [0.5, 0.6) is 0 Å². The van der Waals surface area contributed by atoms with Gasteiger partial charge in [-0.15, -0.1) is 0 Å². The molecule has 78 valence electrons. The predicted molar refractivity (Wildman–Crippen MR) is 57.8 cm³/mol. The molecule has 2 aromatic heterocycles. The van der Waals surface area contributed by atoms with Gasteiger partial charge in [-0.3, -0.25) is 4.68 Å². The Balaban J connectivity index is 0.000000206. The molecule has 0 bridgehead atoms. The van der Waals surface area contributed by atoms with Crippen molar-refractivity contribution in [2.24, 2.45) is 14.1 Å². The zero-order valence-electron chi connectivity index (χ0n) is 9.25. The molecule has 2 rings (SSSR count). The maximum atomic E-state index is 3.83. The van der Waals surface area contributed by atoms with Crippen LogP contribution in [0.25, 0.3) is 0 Å². The molecule has 0 unspecified atom stereocenters. The van der Waals surface area contributed by atoms with E-state index in [9.17, 15) is 0 Å². The van der Waals surface area contributed by atoms with E-state index in [1.165, 1.54) is 0 Å². The van der Waals surface area contributed by atoms with Crippen LogP contribution in [0.2, 0.25) is 0 Å². The Bertz CT molecular complexity index is 252. The molecule has 2 heterocycles. The fourth-order valence-corrected chi connectivity index (χ4v) is 0.671. The molecule has 0 atom stereocenters.